The maximum atomic E-state index is 3.82. The van der Waals surface area contributed by atoms with Crippen molar-refractivity contribution in [2.24, 2.45) is 0 Å². The van der Waals surface area contributed by atoms with E-state index in [2.05, 4.69) is 13.0 Å². The largest absolute Gasteiger partial charge is 0.0555 e. The third-order valence-electron chi connectivity index (χ3n) is 1.20. The van der Waals surface area contributed by atoms with Crippen molar-refractivity contribution in [2.75, 3.05) is 0 Å². The summed E-state index contributed by atoms with van der Waals surface area (Å²) in [6, 6.07) is 7.21. The van der Waals surface area contributed by atoms with Crippen LogP contribution in [0, 0.1) is 26.8 Å². The number of hydrogen-bond donors (Lipinski definition) is 0. The molecule has 0 aliphatic heterocycles. The van der Waals surface area contributed by atoms with Gasteiger partial charge < -0.3 is 0 Å². The Morgan fingerprint density at radius 2 is 1.67 bits per heavy atom. The Balaban J connectivity index is 3.17. The minimum absolute atomic E-state index is 1.07. The molecule has 0 aliphatic rings. The highest BCUT2D eigenvalue weighted by atomic mass is 13.9. The topological polar surface area (TPSA) is 0 Å². The lowest BCUT2D eigenvalue weighted by Gasteiger charge is -1.96. The van der Waals surface area contributed by atoms with Crippen LogP contribution in [0.5, 0.6) is 0 Å². The second kappa shape index (κ2) is 2.22. The normalized spacial score (nSPS) is 9.67. The zero-order valence-corrected chi connectivity index (χ0v) is 5.86. The highest BCUT2D eigenvalue weighted by Gasteiger charge is 1.88. The Kier molecular flexibility index (Phi) is 1.56. The van der Waals surface area contributed by atoms with Gasteiger partial charge in [0, 0.05) is 0 Å². The van der Waals surface area contributed by atoms with Crippen LogP contribution in [0.2, 0.25) is 0 Å². The molecule has 0 heteroatoms. The van der Waals surface area contributed by atoms with Gasteiger partial charge in [-0.1, -0.05) is 12.1 Å². The summed E-state index contributed by atoms with van der Waals surface area (Å²) in [7, 11) is 0. The van der Waals surface area contributed by atoms with Gasteiger partial charge >= 0.3 is 0 Å². The van der Waals surface area contributed by atoms with Crippen molar-refractivity contribution >= 4 is 0 Å². The molecule has 1 rings (SSSR count). The van der Waals surface area contributed by atoms with E-state index < -0.39 is 0 Å². The third kappa shape index (κ3) is 1.56. The second-order valence-electron chi connectivity index (χ2n) is 2.35. The molecule has 1 aromatic carbocycles. The summed E-state index contributed by atoms with van der Waals surface area (Å²) in [6.07, 6.45) is 0. The van der Waals surface area contributed by atoms with E-state index in [-0.39, 0.29) is 0 Å². The van der Waals surface area contributed by atoms with E-state index in [0.29, 0.717) is 0 Å². The van der Waals surface area contributed by atoms with Crippen molar-refractivity contribution in [2.45, 2.75) is 13.8 Å². The summed E-state index contributed by atoms with van der Waals surface area (Å²) >= 11 is 0. The maximum absolute atomic E-state index is 3.82. The van der Waals surface area contributed by atoms with Crippen LogP contribution in [0.25, 0.3) is 0 Å². The molecule has 0 saturated carbocycles. The van der Waals surface area contributed by atoms with Crippen molar-refractivity contribution in [1.29, 1.82) is 0 Å². The molecule has 1 aromatic rings. The average Bonchev–Trinajstić information content (AvgIpc) is 1.59. The number of rotatable bonds is 0. The summed E-state index contributed by atoms with van der Waals surface area (Å²) in [5.74, 6) is 0. The zero-order valence-electron chi connectivity index (χ0n) is 5.86. The Morgan fingerprint density at radius 1 is 1.22 bits per heavy atom. The van der Waals surface area contributed by atoms with E-state index >= 15 is 0 Å². The predicted molar refractivity (Wildman–Crippen MR) is 39.2 cm³/mol. The summed E-state index contributed by atoms with van der Waals surface area (Å²) in [6.45, 7) is 7.88. The molecule has 46 valence electrons. The Hall–Kier alpha value is -0.780. The fourth-order valence-electron chi connectivity index (χ4n) is 0.981. The van der Waals surface area contributed by atoms with Crippen molar-refractivity contribution in [3.05, 3.63) is 41.8 Å². The van der Waals surface area contributed by atoms with Crippen LogP contribution in [0.3, 0.4) is 0 Å². The summed E-state index contributed by atoms with van der Waals surface area (Å²) in [5, 5.41) is 0. The summed E-state index contributed by atoms with van der Waals surface area (Å²) in [5.41, 5.74) is 3.41. The Bertz CT molecular complexity index is 161. The molecular formula is C9H10. The van der Waals surface area contributed by atoms with Crippen molar-refractivity contribution in [3.63, 3.8) is 0 Å². The highest BCUT2D eigenvalue weighted by molar-refractivity contribution is 5.28. The first-order chi connectivity index (χ1) is 4.18. The van der Waals surface area contributed by atoms with Crippen LogP contribution >= 0.6 is 0 Å². The van der Waals surface area contributed by atoms with E-state index in [1.54, 1.807) is 0 Å². The van der Waals surface area contributed by atoms with Gasteiger partial charge in [-0.2, -0.15) is 0 Å². The van der Waals surface area contributed by atoms with Crippen molar-refractivity contribution < 1.29 is 0 Å². The van der Waals surface area contributed by atoms with E-state index in [1.165, 1.54) is 11.1 Å². The number of benzene rings is 1. The van der Waals surface area contributed by atoms with Gasteiger partial charge in [-0.3, -0.25) is 0 Å². The SMILES string of the molecule is [CH2]c1cc(C)[c]c(C)c1. The minimum Gasteiger partial charge on any atom is -0.0555 e. The van der Waals surface area contributed by atoms with Gasteiger partial charge in [0.15, 0.2) is 0 Å². The lowest BCUT2D eigenvalue weighted by molar-refractivity contribution is 1.35. The Labute approximate surface area is 56.5 Å². The van der Waals surface area contributed by atoms with Gasteiger partial charge in [0.2, 0.25) is 0 Å². The number of hydrogen-bond acceptors (Lipinski definition) is 0. The fourth-order valence-corrected chi connectivity index (χ4v) is 0.981. The van der Waals surface area contributed by atoms with Crippen LogP contribution in [0.1, 0.15) is 16.7 Å². The van der Waals surface area contributed by atoms with E-state index in [9.17, 15) is 0 Å². The fraction of sp³-hybridized carbons (Fsp3) is 0.222. The first-order valence-electron chi connectivity index (χ1n) is 3.01. The van der Waals surface area contributed by atoms with Gasteiger partial charge in [-0.15, -0.1) is 0 Å². The highest BCUT2D eigenvalue weighted by Crippen LogP contribution is 2.05. The summed E-state index contributed by atoms with van der Waals surface area (Å²) in [4.78, 5) is 0. The molecule has 2 radical (unpaired) electrons. The molecule has 0 aliphatic carbocycles. The molecule has 9 heavy (non-hydrogen) atoms. The van der Waals surface area contributed by atoms with Crippen LogP contribution in [0.4, 0.5) is 0 Å². The van der Waals surface area contributed by atoms with Crippen LogP contribution in [0.15, 0.2) is 12.1 Å². The maximum Gasteiger partial charge on any atom is -0.0120 e. The van der Waals surface area contributed by atoms with Gasteiger partial charge in [0.1, 0.15) is 0 Å². The van der Waals surface area contributed by atoms with E-state index in [1.807, 2.05) is 26.0 Å². The van der Waals surface area contributed by atoms with Crippen molar-refractivity contribution in [3.8, 4) is 0 Å². The monoisotopic (exact) mass is 118 g/mol. The third-order valence-corrected chi connectivity index (χ3v) is 1.20. The molecule has 0 N–H and O–H groups in total. The average molecular weight is 118 g/mol. The van der Waals surface area contributed by atoms with Gasteiger partial charge in [-0.05, 0) is 43.5 Å². The molecule has 0 amide bonds. The van der Waals surface area contributed by atoms with Crippen LogP contribution in [-0.4, -0.2) is 0 Å². The van der Waals surface area contributed by atoms with Gasteiger partial charge in [0.25, 0.3) is 0 Å². The molecule has 0 atom stereocenters. The van der Waals surface area contributed by atoms with Crippen molar-refractivity contribution in [1.82, 2.24) is 0 Å². The molecule has 0 fully saturated rings. The molecule has 0 heterocycles. The van der Waals surface area contributed by atoms with Gasteiger partial charge in [0.05, 0.1) is 0 Å². The predicted octanol–water partition coefficient (Wildman–Crippen LogP) is 2.29. The smallest absolute Gasteiger partial charge is 0.0120 e. The summed E-state index contributed by atoms with van der Waals surface area (Å²) < 4.78 is 0. The molecular weight excluding hydrogens is 108 g/mol. The second-order valence-corrected chi connectivity index (χ2v) is 2.35. The van der Waals surface area contributed by atoms with Crippen LogP contribution in [-0.2, 0) is 0 Å². The standard InChI is InChI=1S/C9H10/c1-7-4-8(2)6-9(3)5-7/h4-5H,1H2,2-3H3. The lowest BCUT2D eigenvalue weighted by atomic mass is 10.1. The minimum atomic E-state index is 1.07. The Morgan fingerprint density at radius 3 is 2.00 bits per heavy atom. The molecule has 0 nitrogen and oxygen atoms in total. The number of aryl methyl sites for hydroxylation is 2. The molecule has 0 saturated heterocycles. The van der Waals surface area contributed by atoms with E-state index in [0.717, 1.165) is 5.56 Å². The first kappa shape index (κ1) is 6.34. The molecule has 0 bridgehead atoms. The van der Waals surface area contributed by atoms with Crippen LogP contribution < -0.4 is 0 Å². The zero-order chi connectivity index (χ0) is 6.85. The first-order valence-corrected chi connectivity index (χ1v) is 3.01. The lowest BCUT2D eigenvalue weighted by Crippen LogP contribution is -1.79. The van der Waals surface area contributed by atoms with Gasteiger partial charge in [-0.25, -0.2) is 0 Å². The molecule has 0 aromatic heterocycles. The molecule has 0 spiro atoms. The molecule has 0 unspecified atom stereocenters. The van der Waals surface area contributed by atoms with E-state index in [4.69, 9.17) is 0 Å². The quantitative estimate of drug-likeness (QED) is 0.490.